The van der Waals surface area contributed by atoms with E-state index in [9.17, 15) is 24.0 Å². The van der Waals surface area contributed by atoms with Crippen molar-refractivity contribution in [1.82, 2.24) is 0 Å². The minimum absolute atomic E-state index is 0.202. The number of rotatable bonds is 5. The molecule has 0 saturated heterocycles. The number of benzene rings is 3. The van der Waals surface area contributed by atoms with Crippen LogP contribution in [0, 0.1) is 0 Å². The number of nitrogens with one attached hydrogen (secondary N) is 2. The van der Waals surface area contributed by atoms with Gasteiger partial charge in [-0.2, -0.15) is 0 Å². The summed E-state index contributed by atoms with van der Waals surface area (Å²) in [4.78, 5) is 60.9. The van der Waals surface area contributed by atoms with Gasteiger partial charge in [0.2, 0.25) is 5.91 Å². The number of esters is 1. The van der Waals surface area contributed by atoms with E-state index in [4.69, 9.17) is 4.74 Å². The third kappa shape index (κ3) is 4.54. The van der Waals surface area contributed by atoms with Gasteiger partial charge in [-0.25, -0.2) is 4.79 Å². The summed E-state index contributed by atoms with van der Waals surface area (Å²) >= 11 is 0. The van der Waals surface area contributed by atoms with Crippen LogP contribution in [0.1, 0.15) is 49.1 Å². The summed E-state index contributed by atoms with van der Waals surface area (Å²) in [6.07, 6.45) is 0. The topological polar surface area (TPSA) is 119 Å². The van der Waals surface area contributed by atoms with Crippen LogP contribution in [-0.4, -0.2) is 36.0 Å². The van der Waals surface area contributed by atoms with Crippen molar-refractivity contribution in [1.29, 1.82) is 0 Å². The summed E-state index contributed by atoms with van der Waals surface area (Å²) < 4.78 is 5.02. The molecule has 1 aliphatic rings. The Morgan fingerprint density at radius 3 is 1.94 bits per heavy atom. The van der Waals surface area contributed by atoms with Crippen molar-refractivity contribution in [2.24, 2.45) is 0 Å². The van der Waals surface area contributed by atoms with Gasteiger partial charge in [0.25, 0.3) is 5.91 Å². The average Bonchev–Trinajstić information content (AvgIpc) is 2.81. The van der Waals surface area contributed by atoms with Crippen molar-refractivity contribution >= 4 is 40.7 Å². The quantitative estimate of drug-likeness (QED) is 0.458. The Morgan fingerprint density at radius 1 is 0.727 bits per heavy atom. The summed E-state index contributed by atoms with van der Waals surface area (Å²) in [6.45, 7) is 0.828. The van der Waals surface area contributed by atoms with E-state index >= 15 is 0 Å². The maximum atomic E-state index is 12.8. The van der Waals surface area contributed by atoms with Gasteiger partial charge >= 0.3 is 5.97 Å². The molecule has 4 rings (SSSR count). The summed E-state index contributed by atoms with van der Waals surface area (Å²) in [5, 5.41) is 5.14. The molecule has 164 valence electrons. The van der Waals surface area contributed by atoms with Gasteiger partial charge in [0, 0.05) is 40.6 Å². The molecule has 0 atom stereocenters. The van der Waals surface area contributed by atoms with Crippen molar-refractivity contribution in [2.45, 2.75) is 6.92 Å². The van der Waals surface area contributed by atoms with E-state index in [1.165, 1.54) is 37.3 Å². The summed E-state index contributed by atoms with van der Waals surface area (Å²) in [5.74, 6) is -2.10. The van der Waals surface area contributed by atoms with E-state index in [1.54, 1.807) is 36.4 Å². The van der Waals surface area contributed by atoms with Gasteiger partial charge in [0.1, 0.15) is 0 Å². The van der Waals surface area contributed by atoms with Gasteiger partial charge in [-0.3, -0.25) is 19.2 Å². The first-order chi connectivity index (χ1) is 15.8. The molecule has 8 heteroatoms. The number of ketones is 2. The van der Waals surface area contributed by atoms with Gasteiger partial charge in [0.15, 0.2) is 18.2 Å². The predicted octanol–water partition coefficient (Wildman–Crippen LogP) is 3.22. The fourth-order valence-corrected chi connectivity index (χ4v) is 3.48. The van der Waals surface area contributed by atoms with Gasteiger partial charge in [0.05, 0.1) is 5.56 Å². The minimum Gasteiger partial charge on any atom is -0.452 e. The Bertz CT molecular complexity index is 1310. The van der Waals surface area contributed by atoms with Crippen LogP contribution in [0.15, 0.2) is 66.7 Å². The lowest BCUT2D eigenvalue weighted by atomic mass is 9.84. The fraction of sp³-hybridized carbons (Fsp3) is 0.0800. The fourth-order valence-electron chi connectivity index (χ4n) is 3.48. The number of anilines is 2. The molecule has 2 amide bonds. The minimum atomic E-state index is -0.706. The monoisotopic (exact) mass is 442 g/mol. The summed E-state index contributed by atoms with van der Waals surface area (Å²) in [6, 6.07) is 17.0. The van der Waals surface area contributed by atoms with E-state index in [-0.39, 0.29) is 34.2 Å². The van der Waals surface area contributed by atoms with Crippen molar-refractivity contribution < 1.29 is 28.7 Å². The Labute approximate surface area is 188 Å². The second-order valence-electron chi connectivity index (χ2n) is 7.35. The van der Waals surface area contributed by atoms with E-state index < -0.39 is 18.5 Å². The van der Waals surface area contributed by atoms with Crippen LogP contribution in [0.2, 0.25) is 0 Å². The lowest BCUT2D eigenvalue weighted by molar-refractivity contribution is -0.119. The molecule has 0 unspecified atom stereocenters. The Morgan fingerprint density at radius 2 is 1.30 bits per heavy atom. The van der Waals surface area contributed by atoms with Crippen molar-refractivity contribution in [3.05, 3.63) is 94.5 Å². The zero-order valence-electron chi connectivity index (χ0n) is 17.5. The predicted molar refractivity (Wildman–Crippen MR) is 119 cm³/mol. The lowest BCUT2D eigenvalue weighted by Crippen LogP contribution is -2.23. The van der Waals surface area contributed by atoms with E-state index in [0.717, 1.165) is 0 Å². The molecule has 3 aromatic rings. The molecule has 0 spiro atoms. The Kier molecular flexibility index (Phi) is 5.82. The van der Waals surface area contributed by atoms with E-state index in [0.29, 0.717) is 22.5 Å². The first-order valence-corrected chi connectivity index (χ1v) is 10.0. The third-order valence-corrected chi connectivity index (χ3v) is 4.98. The zero-order valence-corrected chi connectivity index (χ0v) is 17.5. The second-order valence-corrected chi connectivity index (χ2v) is 7.35. The molecule has 0 aromatic heterocycles. The Hall–Kier alpha value is -4.59. The largest absolute Gasteiger partial charge is 0.452 e. The molecular formula is C25H18N2O6. The SMILES string of the molecule is CC(=O)Nc1ccc(C(=O)OCC(=O)Nc2ccc3c(c2)C(=O)c2ccccc2C3=O)cc1. The molecule has 8 nitrogen and oxygen atoms in total. The lowest BCUT2D eigenvalue weighted by Gasteiger charge is -2.18. The summed E-state index contributed by atoms with van der Waals surface area (Å²) in [5.41, 5.74) is 2.18. The highest BCUT2D eigenvalue weighted by Gasteiger charge is 2.29. The zero-order chi connectivity index (χ0) is 23.5. The maximum absolute atomic E-state index is 12.8. The number of ether oxygens (including phenoxy) is 1. The molecule has 0 aliphatic heterocycles. The van der Waals surface area contributed by atoms with Gasteiger partial charge in [-0.15, -0.1) is 0 Å². The van der Waals surface area contributed by atoms with Crippen LogP contribution in [0.5, 0.6) is 0 Å². The number of carbonyl (C=O) groups is 5. The second kappa shape index (κ2) is 8.88. The van der Waals surface area contributed by atoms with Crippen LogP contribution in [-0.2, 0) is 14.3 Å². The number of fused-ring (bicyclic) bond motifs is 2. The molecule has 0 saturated carbocycles. The molecular weight excluding hydrogens is 424 g/mol. The van der Waals surface area contributed by atoms with Gasteiger partial charge in [-0.05, 0) is 42.5 Å². The standard InChI is InChI=1S/C25H18N2O6/c1-14(28)26-16-8-6-15(7-9-16)25(32)33-13-22(29)27-17-10-11-20-21(12-17)24(31)19-5-3-2-4-18(19)23(20)30/h2-12H,13H2,1H3,(H,26,28)(H,27,29). The van der Waals surface area contributed by atoms with Crippen molar-refractivity contribution in [3.63, 3.8) is 0 Å². The molecule has 33 heavy (non-hydrogen) atoms. The first-order valence-electron chi connectivity index (χ1n) is 10.0. The van der Waals surface area contributed by atoms with Gasteiger partial charge < -0.3 is 15.4 Å². The molecule has 2 N–H and O–H groups in total. The van der Waals surface area contributed by atoms with E-state index in [1.807, 2.05) is 0 Å². The molecule has 0 radical (unpaired) electrons. The first kappa shape index (κ1) is 21.6. The normalized spacial score (nSPS) is 11.8. The van der Waals surface area contributed by atoms with Crippen LogP contribution in [0.4, 0.5) is 11.4 Å². The molecule has 3 aromatic carbocycles. The number of amides is 2. The highest BCUT2D eigenvalue weighted by molar-refractivity contribution is 6.28. The highest BCUT2D eigenvalue weighted by Crippen LogP contribution is 2.29. The van der Waals surface area contributed by atoms with Crippen LogP contribution in [0.25, 0.3) is 0 Å². The number of hydrogen-bond donors (Lipinski definition) is 2. The summed E-state index contributed by atoms with van der Waals surface area (Å²) in [7, 11) is 0. The number of hydrogen-bond acceptors (Lipinski definition) is 6. The van der Waals surface area contributed by atoms with E-state index in [2.05, 4.69) is 10.6 Å². The maximum Gasteiger partial charge on any atom is 0.338 e. The highest BCUT2D eigenvalue weighted by atomic mass is 16.5. The van der Waals surface area contributed by atoms with Crippen molar-refractivity contribution in [3.8, 4) is 0 Å². The molecule has 0 bridgehead atoms. The number of carbonyl (C=O) groups excluding carboxylic acids is 5. The van der Waals surface area contributed by atoms with Crippen molar-refractivity contribution in [2.75, 3.05) is 17.2 Å². The Balaban J connectivity index is 1.39. The molecule has 1 aliphatic carbocycles. The smallest absolute Gasteiger partial charge is 0.338 e. The third-order valence-electron chi connectivity index (χ3n) is 4.98. The molecule has 0 fully saturated rings. The van der Waals surface area contributed by atoms with Crippen LogP contribution < -0.4 is 10.6 Å². The average molecular weight is 442 g/mol. The van der Waals surface area contributed by atoms with Gasteiger partial charge in [-0.1, -0.05) is 24.3 Å². The van der Waals surface area contributed by atoms with Crippen LogP contribution in [0.3, 0.4) is 0 Å². The molecule has 0 heterocycles. The van der Waals surface area contributed by atoms with Crippen LogP contribution >= 0.6 is 0 Å².